The summed E-state index contributed by atoms with van der Waals surface area (Å²) in [5.41, 5.74) is 1.84. The molecule has 184 valence electrons. The van der Waals surface area contributed by atoms with E-state index in [1.807, 2.05) is 0 Å². The van der Waals surface area contributed by atoms with Gasteiger partial charge in [-0.3, -0.25) is 24.6 Å². The van der Waals surface area contributed by atoms with Gasteiger partial charge in [-0.05, 0) is 58.8 Å². The van der Waals surface area contributed by atoms with Crippen LogP contribution in [-0.2, 0) is 17.9 Å². The quantitative estimate of drug-likeness (QED) is 0.176. The van der Waals surface area contributed by atoms with E-state index in [9.17, 15) is 19.7 Å². The molecule has 1 heterocycles. The second-order valence-corrected chi connectivity index (χ2v) is 9.47. The van der Waals surface area contributed by atoms with Crippen molar-refractivity contribution in [1.29, 1.82) is 0 Å². The fourth-order valence-corrected chi connectivity index (χ4v) is 4.73. The van der Waals surface area contributed by atoms with E-state index in [1.165, 1.54) is 19.2 Å². The van der Waals surface area contributed by atoms with Gasteiger partial charge in [0.15, 0.2) is 11.5 Å². The molecular formula is C25H18Cl2N2O6S. The average Bonchev–Trinajstić information content (AvgIpc) is 3.12. The third kappa shape index (κ3) is 5.81. The van der Waals surface area contributed by atoms with Crippen molar-refractivity contribution in [2.75, 3.05) is 7.11 Å². The number of nitrogens with zero attached hydrogens (tertiary/aromatic N) is 2. The molecule has 0 N–H and O–H groups in total. The van der Waals surface area contributed by atoms with Crippen molar-refractivity contribution in [3.8, 4) is 11.5 Å². The Kier molecular flexibility index (Phi) is 7.83. The van der Waals surface area contributed by atoms with Crippen molar-refractivity contribution >= 4 is 57.9 Å². The molecule has 2 amide bonds. The standard InChI is InChI=1S/C25H18Cl2N2O6S/c1-34-22-10-15(5-8-21(22)35-14-16-3-2-4-19(9-16)29(32)33)11-23-24(30)28(25(31)36-23)13-17-6-7-18(26)12-20(17)27/h2-12H,13-14H2,1H3/b23-11-. The van der Waals surface area contributed by atoms with Gasteiger partial charge in [0, 0.05) is 22.2 Å². The van der Waals surface area contributed by atoms with Gasteiger partial charge in [-0.15, -0.1) is 0 Å². The van der Waals surface area contributed by atoms with Crippen LogP contribution in [-0.4, -0.2) is 28.1 Å². The number of carbonyl (C=O) groups is 2. The van der Waals surface area contributed by atoms with Crippen LogP contribution in [0.25, 0.3) is 6.08 Å². The van der Waals surface area contributed by atoms with Crippen LogP contribution < -0.4 is 9.47 Å². The van der Waals surface area contributed by atoms with Crippen molar-refractivity contribution in [3.05, 3.63) is 102 Å². The summed E-state index contributed by atoms with van der Waals surface area (Å²) in [6.07, 6.45) is 1.60. The second kappa shape index (κ2) is 11.0. The largest absolute Gasteiger partial charge is 0.493 e. The van der Waals surface area contributed by atoms with Gasteiger partial charge >= 0.3 is 0 Å². The van der Waals surface area contributed by atoms with E-state index in [4.69, 9.17) is 32.7 Å². The minimum absolute atomic E-state index is 0.0225. The van der Waals surface area contributed by atoms with E-state index in [2.05, 4.69) is 0 Å². The Morgan fingerprint density at radius 2 is 1.86 bits per heavy atom. The number of nitro groups is 1. The van der Waals surface area contributed by atoms with Gasteiger partial charge in [-0.2, -0.15) is 0 Å². The third-order valence-corrected chi connectivity index (χ3v) is 6.71. The molecule has 3 aromatic rings. The highest BCUT2D eigenvalue weighted by Gasteiger charge is 2.35. The van der Waals surface area contributed by atoms with Gasteiger partial charge in [0.25, 0.3) is 16.8 Å². The highest BCUT2D eigenvalue weighted by atomic mass is 35.5. The summed E-state index contributed by atoms with van der Waals surface area (Å²) in [6.45, 7) is 0.134. The number of thioether (sulfide) groups is 1. The number of halogens is 2. The molecule has 0 spiro atoms. The predicted molar refractivity (Wildman–Crippen MR) is 138 cm³/mol. The lowest BCUT2D eigenvalue weighted by atomic mass is 10.1. The number of carbonyl (C=O) groups excluding carboxylic acids is 2. The smallest absolute Gasteiger partial charge is 0.293 e. The number of imide groups is 1. The molecule has 4 rings (SSSR count). The summed E-state index contributed by atoms with van der Waals surface area (Å²) in [5, 5.41) is 11.4. The van der Waals surface area contributed by atoms with Gasteiger partial charge in [0.2, 0.25) is 0 Å². The highest BCUT2D eigenvalue weighted by Crippen LogP contribution is 2.36. The van der Waals surface area contributed by atoms with Gasteiger partial charge in [0.05, 0.1) is 23.5 Å². The van der Waals surface area contributed by atoms with Gasteiger partial charge < -0.3 is 9.47 Å². The topological polar surface area (TPSA) is 99.0 Å². The minimum atomic E-state index is -0.468. The lowest BCUT2D eigenvalue weighted by molar-refractivity contribution is -0.384. The third-order valence-electron chi connectivity index (χ3n) is 5.22. The Hall–Kier alpha value is -3.53. The summed E-state index contributed by atoms with van der Waals surface area (Å²) in [5.74, 6) is 0.397. The van der Waals surface area contributed by atoms with Gasteiger partial charge in [0.1, 0.15) is 6.61 Å². The van der Waals surface area contributed by atoms with Crippen molar-refractivity contribution < 1.29 is 24.0 Å². The number of non-ortho nitro benzene ring substituents is 1. The molecule has 1 aliphatic heterocycles. The fourth-order valence-electron chi connectivity index (χ4n) is 3.42. The Bertz CT molecular complexity index is 1390. The molecule has 0 radical (unpaired) electrons. The Morgan fingerprint density at radius 1 is 1.06 bits per heavy atom. The average molecular weight is 545 g/mol. The molecule has 1 aliphatic rings. The first-order valence-corrected chi connectivity index (χ1v) is 12.1. The lowest BCUT2D eigenvalue weighted by Crippen LogP contribution is -2.27. The molecule has 0 atom stereocenters. The molecule has 0 aliphatic carbocycles. The first kappa shape index (κ1) is 25.6. The van der Waals surface area contributed by atoms with Crippen molar-refractivity contribution in [2.45, 2.75) is 13.2 Å². The summed E-state index contributed by atoms with van der Waals surface area (Å²) < 4.78 is 11.2. The van der Waals surface area contributed by atoms with Crippen LogP contribution in [0.5, 0.6) is 11.5 Å². The van der Waals surface area contributed by atoms with Crippen LogP contribution in [0.15, 0.2) is 65.6 Å². The van der Waals surface area contributed by atoms with Gasteiger partial charge in [-0.1, -0.05) is 47.5 Å². The number of hydrogen-bond donors (Lipinski definition) is 0. The maximum atomic E-state index is 12.9. The van der Waals surface area contributed by atoms with Crippen LogP contribution in [0.4, 0.5) is 10.5 Å². The number of ether oxygens (including phenoxy) is 2. The van der Waals surface area contributed by atoms with Crippen molar-refractivity contribution in [2.24, 2.45) is 0 Å². The Labute approximate surface area is 220 Å². The van der Waals surface area contributed by atoms with Crippen LogP contribution in [0.1, 0.15) is 16.7 Å². The van der Waals surface area contributed by atoms with E-state index in [0.29, 0.717) is 38.2 Å². The van der Waals surface area contributed by atoms with Crippen molar-refractivity contribution in [3.63, 3.8) is 0 Å². The number of methoxy groups -OCH3 is 1. The van der Waals surface area contributed by atoms with E-state index >= 15 is 0 Å². The summed E-state index contributed by atoms with van der Waals surface area (Å²) in [6, 6.07) is 16.1. The van der Waals surface area contributed by atoms with Crippen LogP contribution in [0, 0.1) is 10.1 Å². The first-order chi connectivity index (χ1) is 17.2. The van der Waals surface area contributed by atoms with E-state index in [1.54, 1.807) is 54.6 Å². The summed E-state index contributed by atoms with van der Waals surface area (Å²) in [7, 11) is 1.48. The Morgan fingerprint density at radius 3 is 2.58 bits per heavy atom. The minimum Gasteiger partial charge on any atom is -0.493 e. The number of amides is 2. The second-order valence-electron chi connectivity index (χ2n) is 7.63. The normalized spacial score (nSPS) is 14.4. The molecule has 0 aromatic heterocycles. The molecule has 0 saturated carbocycles. The zero-order valence-corrected chi connectivity index (χ0v) is 21.1. The molecular weight excluding hydrogens is 527 g/mol. The van der Waals surface area contributed by atoms with E-state index in [0.717, 1.165) is 16.7 Å². The van der Waals surface area contributed by atoms with Gasteiger partial charge in [-0.25, -0.2) is 0 Å². The molecule has 11 heteroatoms. The molecule has 3 aromatic carbocycles. The number of hydrogen-bond acceptors (Lipinski definition) is 7. The number of nitro benzene ring substituents is 1. The van der Waals surface area contributed by atoms with Crippen molar-refractivity contribution in [1.82, 2.24) is 4.90 Å². The molecule has 1 fully saturated rings. The summed E-state index contributed by atoms with van der Waals surface area (Å²) in [4.78, 5) is 37.3. The Balaban J connectivity index is 1.48. The van der Waals surface area contributed by atoms with Crippen LogP contribution >= 0.6 is 35.0 Å². The highest BCUT2D eigenvalue weighted by molar-refractivity contribution is 8.18. The molecule has 0 bridgehead atoms. The van der Waals surface area contributed by atoms with Crippen LogP contribution in [0.2, 0.25) is 10.0 Å². The predicted octanol–water partition coefficient (Wildman–Crippen LogP) is 6.73. The molecule has 1 saturated heterocycles. The first-order valence-electron chi connectivity index (χ1n) is 10.5. The zero-order chi connectivity index (χ0) is 25.8. The maximum absolute atomic E-state index is 12.9. The zero-order valence-electron chi connectivity index (χ0n) is 18.8. The fraction of sp³-hybridized carbons (Fsp3) is 0.120. The van der Waals surface area contributed by atoms with E-state index < -0.39 is 16.1 Å². The SMILES string of the molecule is COc1cc(/C=C2\SC(=O)N(Cc3ccc(Cl)cc3Cl)C2=O)ccc1OCc1cccc([N+](=O)[O-])c1. The summed E-state index contributed by atoms with van der Waals surface area (Å²) >= 11 is 12.9. The maximum Gasteiger partial charge on any atom is 0.293 e. The molecule has 0 unspecified atom stereocenters. The molecule has 36 heavy (non-hydrogen) atoms. The lowest BCUT2D eigenvalue weighted by Gasteiger charge is -2.13. The molecule has 8 nitrogen and oxygen atoms in total. The van der Waals surface area contributed by atoms with Crippen LogP contribution in [0.3, 0.4) is 0 Å². The number of rotatable bonds is 8. The number of benzene rings is 3. The van der Waals surface area contributed by atoms with E-state index in [-0.39, 0.29) is 23.7 Å². The monoisotopic (exact) mass is 544 g/mol.